The number of nitrogens with zero attached hydrogens (tertiary/aromatic N) is 1. The van der Waals surface area contributed by atoms with Crippen molar-refractivity contribution in [1.29, 1.82) is 0 Å². The molecule has 0 fully saturated rings. The lowest BCUT2D eigenvalue weighted by atomic mass is 10.1. The number of rotatable bonds is 4. The summed E-state index contributed by atoms with van der Waals surface area (Å²) in [5.74, 6) is 0.103. The SMILES string of the molecule is CCC(N)C(=O)Cc1cnc(C)s1. The lowest BCUT2D eigenvalue weighted by Gasteiger charge is -2.04. The first kappa shape index (κ1) is 10.3. The molecule has 0 aliphatic rings. The monoisotopic (exact) mass is 198 g/mol. The zero-order chi connectivity index (χ0) is 9.84. The number of carbonyl (C=O) groups excluding carboxylic acids is 1. The lowest BCUT2D eigenvalue weighted by molar-refractivity contribution is -0.119. The van der Waals surface area contributed by atoms with Gasteiger partial charge in [0.15, 0.2) is 5.78 Å². The largest absolute Gasteiger partial charge is 0.322 e. The fraction of sp³-hybridized carbons (Fsp3) is 0.556. The van der Waals surface area contributed by atoms with Crippen LogP contribution in [0.4, 0.5) is 0 Å². The van der Waals surface area contributed by atoms with Crippen LogP contribution in [0.1, 0.15) is 23.2 Å². The Kier molecular flexibility index (Phi) is 3.57. The molecule has 1 atom stereocenters. The van der Waals surface area contributed by atoms with Gasteiger partial charge in [-0.3, -0.25) is 4.79 Å². The van der Waals surface area contributed by atoms with Gasteiger partial charge < -0.3 is 5.73 Å². The van der Waals surface area contributed by atoms with Gasteiger partial charge in [0, 0.05) is 17.5 Å². The van der Waals surface area contributed by atoms with Crippen LogP contribution in [0.5, 0.6) is 0 Å². The topological polar surface area (TPSA) is 56.0 Å². The Labute approximate surface area is 82.0 Å². The van der Waals surface area contributed by atoms with Crippen molar-refractivity contribution in [2.45, 2.75) is 32.7 Å². The van der Waals surface area contributed by atoms with E-state index in [1.807, 2.05) is 13.8 Å². The van der Waals surface area contributed by atoms with Crippen molar-refractivity contribution in [3.8, 4) is 0 Å². The molecule has 72 valence electrons. The van der Waals surface area contributed by atoms with Crippen molar-refractivity contribution in [2.75, 3.05) is 0 Å². The van der Waals surface area contributed by atoms with E-state index in [1.165, 1.54) is 0 Å². The molecule has 1 heterocycles. The van der Waals surface area contributed by atoms with Crippen LogP contribution in [0.15, 0.2) is 6.20 Å². The van der Waals surface area contributed by atoms with Crippen molar-refractivity contribution >= 4 is 17.1 Å². The Balaban J connectivity index is 2.54. The summed E-state index contributed by atoms with van der Waals surface area (Å²) in [5, 5.41) is 0.993. The number of nitrogens with two attached hydrogens (primary N) is 1. The highest BCUT2D eigenvalue weighted by Gasteiger charge is 2.12. The minimum absolute atomic E-state index is 0.103. The highest BCUT2D eigenvalue weighted by Crippen LogP contribution is 2.12. The third kappa shape index (κ3) is 2.90. The molecule has 1 rings (SSSR count). The Morgan fingerprint density at radius 1 is 1.77 bits per heavy atom. The van der Waals surface area contributed by atoms with E-state index in [4.69, 9.17) is 5.73 Å². The van der Waals surface area contributed by atoms with Crippen LogP contribution in [0.25, 0.3) is 0 Å². The maximum Gasteiger partial charge on any atom is 0.154 e. The van der Waals surface area contributed by atoms with Gasteiger partial charge in [0.25, 0.3) is 0 Å². The van der Waals surface area contributed by atoms with Gasteiger partial charge in [0.05, 0.1) is 11.0 Å². The molecule has 0 amide bonds. The Hall–Kier alpha value is -0.740. The normalized spacial score (nSPS) is 12.8. The number of ketones is 1. The molecule has 1 aromatic rings. The van der Waals surface area contributed by atoms with Crippen LogP contribution >= 0.6 is 11.3 Å². The van der Waals surface area contributed by atoms with E-state index in [-0.39, 0.29) is 11.8 Å². The molecule has 0 aliphatic heterocycles. The molecule has 0 aliphatic carbocycles. The molecule has 1 aromatic heterocycles. The standard InChI is InChI=1S/C9H14N2OS/c1-3-8(10)9(12)4-7-5-11-6(2)13-7/h5,8H,3-4,10H2,1-2H3. The first-order valence-electron chi connectivity index (χ1n) is 4.33. The van der Waals surface area contributed by atoms with Crippen molar-refractivity contribution in [3.05, 3.63) is 16.1 Å². The highest BCUT2D eigenvalue weighted by molar-refractivity contribution is 7.11. The fourth-order valence-corrected chi connectivity index (χ4v) is 1.82. The van der Waals surface area contributed by atoms with Gasteiger partial charge in [-0.1, -0.05) is 6.92 Å². The third-order valence-corrected chi connectivity index (χ3v) is 2.78. The Bertz CT molecular complexity index is 296. The van der Waals surface area contributed by atoms with Gasteiger partial charge in [-0.15, -0.1) is 11.3 Å². The molecule has 2 N–H and O–H groups in total. The summed E-state index contributed by atoms with van der Waals surface area (Å²) in [6.45, 7) is 3.85. The quantitative estimate of drug-likeness (QED) is 0.793. The molecular formula is C9H14N2OS. The summed E-state index contributed by atoms with van der Waals surface area (Å²) < 4.78 is 0. The van der Waals surface area contributed by atoms with E-state index in [1.54, 1.807) is 17.5 Å². The minimum Gasteiger partial charge on any atom is -0.322 e. The lowest BCUT2D eigenvalue weighted by Crippen LogP contribution is -2.30. The average molecular weight is 198 g/mol. The molecule has 13 heavy (non-hydrogen) atoms. The van der Waals surface area contributed by atoms with E-state index in [9.17, 15) is 4.79 Å². The molecule has 1 unspecified atom stereocenters. The molecule has 4 heteroatoms. The van der Waals surface area contributed by atoms with Gasteiger partial charge in [-0.25, -0.2) is 4.98 Å². The predicted octanol–water partition coefficient (Wildman–Crippen LogP) is 1.30. The molecule has 0 radical (unpaired) electrons. The molecule has 0 bridgehead atoms. The van der Waals surface area contributed by atoms with Crippen LogP contribution in [0, 0.1) is 6.92 Å². The number of hydrogen-bond acceptors (Lipinski definition) is 4. The van der Waals surface area contributed by atoms with Crippen LogP contribution in [-0.4, -0.2) is 16.8 Å². The van der Waals surface area contributed by atoms with Crippen molar-refractivity contribution in [2.24, 2.45) is 5.73 Å². The second kappa shape index (κ2) is 4.48. The summed E-state index contributed by atoms with van der Waals surface area (Å²) >= 11 is 1.56. The van der Waals surface area contributed by atoms with Crippen LogP contribution < -0.4 is 5.73 Å². The van der Waals surface area contributed by atoms with E-state index < -0.39 is 0 Å². The van der Waals surface area contributed by atoms with Gasteiger partial charge in [0.1, 0.15) is 0 Å². The number of Topliss-reactive ketones (excluding diaryl/α,β-unsaturated/α-hetero) is 1. The summed E-state index contributed by atoms with van der Waals surface area (Å²) in [6.07, 6.45) is 2.89. The van der Waals surface area contributed by atoms with Gasteiger partial charge in [-0.2, -0.15) is 0 Å². The predicted molar refractivity (Wildman–Crippen MR) is 53.8 cm³/mol. The third-order valence-electron chi connectivity index (χ3n) is 1.87. The summed E-state index contributed by atoms with van der Waals surface area (Å²) in [5.41, 5.74) is 5.61. The maximum atomic E-state index is 11.4. The van der Waals surface area contributed by atoms with Crippen LogP contribution in [0.2, 0.25) is 0 Å². The second-order valence-electron chi connectivity index (χ2n) is 3.00. The Morgan fingerprint density at radius 2 is 2.46 bits per heavy atom. The summed E-state index contributed by atoms with van der Waals surface area (Å²) in [7, 11) is 0. The summed E-state index contributed by atoms with van der Waals surface area (Å²) in [4.78, 5) is 16.5. The number of thiazole rings is 1. The van der Waals surface area contributed by atoms with E-state index in [0.29, 0.717) is 12.8 Å². The number of aryl methyl sites for hydroxylation is 1. The van der Waals surface area contributed by atoms with E-state index >= 15 is 0 Å². The number of carbonyl (C=O) groups is 1. The first-order valence-corrected chi connectivity index (χ1v) is 5.14. The molecule has 0 spiro atoms. The van der Waals surface area contributed by atoms with Crippen LogP contribution in [-0.2, 0) is 11.2 Å². The average Bonchev–Trinajstić information content (AvgIpc) is 2.49. The smallest absolute Gasteiger partial charge is 0.154 e. The van der Waals surface area contributed by atoms with Crippen molar-refractivity contribution < 1.29 is 4.79 Å². The number of hydrogen-bond donors (Lipinski definition) is 1. The molecule has 3 nitrogen and oxygen atoms in total. The van der Waals surface area contributed by atoms with Crippen molar-refractivity contribution in [1.82, 2.24) is 4.98 Å². The fourth-order valence-electron chi connectivity index (χ4n) is 1.02. The zero-order valence-electron chi connectivity index (χ0n) is 7.91. The van der Waals surface area contributed by atoms with Gasteiger partial charge >= 0.3 is 0 Å². The second-order valence-corrected chi connectivity index (χ2v) is 4.32. The van der Waals surface area contributed by atoms with Crippen molar-refractivity contribution in [3.63, 3.8) is 0 Å². The molecular weight excluding hydrogens is 184 g/mol. The zero-order valence-corrected chi connectivity index (χ0v) is 8.73. The number of aromatic nitrogens is 1. The molecule has 0 saturated carbocycles. The Morgan fingerprint density at radius 3 is 2.92 bits per heavy atom. The van der Waals surface area contributed by atoms with E-state index in [2.05, 4.69) is 4.98 Å². The minimum atomic E-state index is -0.317. The summed E-state index contributed by atoms with van der Waals surface area (Å²) in [6, 6.07) is -0.317. The molecule has 0 saturated heterocycles. The first-order chi connectivity index (χ1) is 6.13. The van der Waals surface area contributed by atoms with E-state index in [0.717, 1.165) is 9.88 Å². The molecule has 0 aromatic carbocycles. The van der Waals surface area contributed by atoms with Gasteiger partial charge in [0.2, 0.25) is 0 Å². The highest BCUT2D eigenvalue weighted by atomic mass is 32.1. The van der Waals surface area contributed by atoms with Crippen LogP contribution in [0.3, 0.4) is 0 Å². The maximum absolute atomic E-state index is 11.4. The van der Waals surface area contributed by atoms with Gasteiger partial charge in [-0.05, 0) is 13.3 Å².